The summed E-state index contributed by atoms with van der Waals surface area (Å²) in [5, 5.41) is 6.46. The maximum Gasteiger partial charge on any atom is 0.257 e. The lowest BCUT2D eigenvalue weighted by Crippen LogP contribution is -2.40. The predicted molar refractivity (Wildman–Crippen MR) is 112 cm³/mol. The zero-order valence-electron chi connectivity index (χ0n) is 15.6. The van der Waals surface area contributed by atoms with Gasteiger partial charge in [0.25, 0.3) is 5.91 Å². The number of nitrogens with one attached hydrogen (secondary N) is 2. The Bertz CT molecular complexity index is 1080. The van der Waals surface area contributed by atoms with Gasteiger partial charge in [-0.3, -0.25) is 14.6 Å². The standard InChI is InChI=1S/C21H18ClN5O2/c1-13-6-7-23-10-17(13)26-21(29)15-8-18-20(24-9-15)25-11-19(28)27(18)12-14-2-4-16(22)5-3-14/h2-10H,11-12H2,1H3,(H,24,25)(H,26,29). The van der Waals surface area contributed by atoms with E-state index < -0.39 is 0 Å². The van der Waals surface area contributed by atoms with Crippen molar-refractivity contribution >= 4 is 40.6 Å². The van der Waals surface area contributed by atoms with Crippen molar-refractivity contribution in [2.24, 2.45) is 0 Å². The second kappa shape index (κ2) is 7.89. The number of carbonyl (C=O) groups is 2. The van der Waals surface area contributed by atoms with E-state index in [1.54, 1.807) is 35.5 Å². The van der Waals surface area contributed by atoms with Crippen LogP contribution in [0.5, 0.6) is 0 Å². The number of pyridine rings is 2. The van der Waals surface area contributed by atoms with E-state index >= 15 is 0 Å². The highest BCUT2D eigenvalue weighted by Gasteiger charge is 2.26. The first-order valence-corrected chi connectivity index (χ1v) is 9.40. The molecule has 3 aromatic rings. The summed E-state index contributed by atoms with van der Waals surface area (Å²) in [6.07, 6.45) is 4.75. The number of fused-ring (bicyclic) bond motifs is 1. The maximum atomic E-state index is 12.7. The number of hydrogen-bond donors (Lipinski definition) is 2. The molecule has 0 bridgehead atoms. The molecule has 0 unspecified atom stereocenters. The molecule has 29 heavy (non-hydrogen) atoms. The van der Waals surface area contributed by atoms with Crippen molar-refractivity contribution in [3.63, 3.8) is 0 Å². The van der Waals surface area contributed by atoms with Crippen LogP contribution in [0.2, 0.25) is 5.02 Å². The van der Waals surface area contributed by atoms with Crippen LogP contribution in [0.3, 0.4) is 0 Å². The molecule has 0 aliphatic carbocycles. The molecule has 146 valence electrons. The van der Waals surface area contributed by atoms with Gasteiger partial charge in [-0.1, -0.05) is 23.7 Å². The highest BCUT2D eigenvalue weighted by Crippen LogP contribution is 2.30. The molecule has 1 aliphatic heterocycles. The third kappa shape index (κ3) is 4.05. The molecule has 0 spiro atoms. The van der Waals surface area contributed by atoms with Crippen LogP contribution in [0.15, 0.2) is 55.0 Å². The first-order valence-electron chi connectivity index (χ1n) is 9.02. The van der Waals surface area contributed by atoms with E-state index in [2.05, 4.69) is 20.6 Å². The highest BCUT2D eigenvalue weighted by atomic mass is 35.5. The van der Waals surface area contributed by atoms with Crippen molar-refractivity contribution in [2.45, 2.75) is 13.5 Å². The monoisotopic (exact) mass is 407 g/mol. The van der Waals surface area contributed by atoms with Gasteiger partial charge in [-0.2, -0.15) is 0 Å². The topological polar surface area (TPSA) is 87.2 Å². The van der Waals surface area contributed by atoms with Gasteiger partial charge < -0.3 is 15.5 Å². The maximum absolute atomic E-state index is 12.7. The van der Waals surface area contributed by atoms with E-state index in [0.29, 0.717) is 34.3 Å². The number of anilines is 3. The Hall–Kier alpha value is -3.45. The molecule has 0 atom stereocenters. The zero-order valence-corrected chi connectivity index (χ0v) is 16.4. The molecule has 4 rings (SSSR count). The lowest BCUT2D eigenvalue weighted by Gasteiger charge is -2.29. The van der Waals surface area contributed by atoms with Gasteiger partial charge in [0.15, 0.2) is 5.82 Å². The molecule has 0 saturated carbocycles. The first-order chi connectivity index (χ1) is 14.0. The molecule has 2 aromatic heterocycles. The largest absolute Gasteiger partial charge is 0.359 e. The number of hydrogen-bond acceptors (Lipinski definition) is 5. The van der Waals surface area contributed by atoms with Gasteiger partial charge in [-0.05, 0) is 42.3 Å². The average molecular weight is 408 g/mol. The van der Waals surface area contributed by atoms with E-state index in [0.717, 1.165) is 11.1 Å². The number of rotatable bonds is 4. The normalized spacial score (nSPS) is 12.9. The number of nitrogens with zero attached hydrogens (tertiary/aromatic N) is 3. The molecule has 0 fully saturated rings. The summed E-state index contributed by atoms with van der Waals surface area (Å²) < 4.78 is 0. The number of amides is 2. The minimum atomic E-state index is -0.319. The quantitative estimate of drug-likeness (QED) is 0.689. The minimum absolute atomic E-state index is 0.102. The smallest absolute Gasteiger partial charge is 0.257 e. The molecule has 2 amide bonds. The predicted octanol–water partition coefficient (Wildman–Crippen LogP) is 3.65. The molecular formula is C21H18ClN5O2. The number of benzene rings is 1. The molecule has 7 nitrogen and oxygen atoms in total. The third-order valence-electron chi connectivity index (χ3n) is 4.67. The summed E-state index contributed by atoms with van der Waals surface area (Å²) in [6.45, 7) is 2.39. The van der Waals surface area contributed by atoms with Gasteiger partial charge in [-0.25, -0.2) is 4.98 Å². The highest BCUT2D eigenvalue weighted by molar-refractivity contribution is 6.30. The van der Waals surface area contributed by atoms with Gasteiger partial charge in [-0.15, -0.1) is 0 Å². The van der Waals surface area contributed by atoms with Crippen molar-refractivity contribution < 1.29 is 9.59 Å². The SMILES string of the molecule is Cc1ccncc1NC(=O)c1cnc2c(c1)N(Cc1ccc(Cl)cc1)C(=O)CN2. The van der Waals surface area contributed by atoms with Gasteiger partial charge in [0, 0.05) is 17.4 Å². The third-order valence-corrected chi connectivity index (χ3v) is 4.92. The van der Waals surface area contributed by atoms with Crippen LogP contribution in [-0.2, 0) is 11.3 Å². The molecule has 3 heterocycles. The Labute approximate surface area is 172 Å². The lowest BCUT2D eigenvalue weighted by molar-refractivity contribution is -0.117. The van der Waals surface area contributed by atoms with Crippen molar-refractivity contribution in [1.29, 1.82) is 0 Å². The summed E-state index contributed by atoms with van der Waals surface area (Å²) >= 11 is 5.95. The van der Waals surface area contributed by atoms with Gasteiger partial charge in [0.05, 0.1) is 36.2 Å². The Morgan fingerprint density at radius 3 is 2.79 bits per heavy atom. The Balaban J connectivity index is 1.62. The van der Waals surface area contributed by atoms with E-state index in [1.807, 2.05) is 25.1 Å². The fourth-order valence-corrected chi connectivity index (χ4v) is 3.17. The minimum Gasteiger partial charge on any atom is -0.359 e. The van der Waals surface area contributed by atoms with Crippen LogP contribution in [-0.4, -0.2) is 28.3 Å². The van der Waals surface area contributed by atoms with E-state index in [1.165, 1.54) is 6.20 Å². The zero-order chi connectivity index (χ0) is 20.4. The van der Waals surface area contributed by atoms with Crippen molar-refractivity contribution in [1.82, 2.24) is 9.97 Å². The van der Waals surface area contributed by atoms with Crippen LogP contribution < -0.4 is 15.5 Å². The Morgan fingerprint density at radius 1 is 1.24 bits per heavy atom. The van der Waals surface area contributed by atoms with Crippen LogP contribution >= 0.6 is 11.6 Å². The van der Waals surface area contributed by atoms with Gasteiger partial charge in [0.1, 0.15) is 0 Å². The Morgan fingerprint density at radius 2 is 2.03 bits per heavy atom. The fourth-order valence-electron chi connectivity index (χ4n) is 3.04. The Kier molecular flexibility index (Phi) is 5.14. The van der Waals surface area contributed by atoms with E-state index in [-0.39, 0.29) is 18.4 Å². The van der Waals surface area contributed by atoms with Gasteiger partial charge in [0.2, 0.25) is 5.91 Å². The van der Waals surface area contributed by atoms with Crippen LogP contribution in [0.4, 0.5) is 17.2 Å². The summed E-state index contributed by atoms with van der Waals surface area (Å²) in [4.78, 5) is 35.3. The van der Waals surface area contributed by atoms with Crippen molar-refractivity contribution in [2.75, 3.05) is 22.1 Å². The number of halogens is 1. The summed E-state index contributed by atoms with van der Waals surface area (Å²) in [5.74, 6) is 0.142. The first kappa shape index (κ1) is 18.9. The molecule has 2 N–H and O–H groups in total. The number of carbonyl (C=O) groups excluding carboxylic acids is 2. The fraction of sp³-hybridized carbons (Fsp3) is 0.143. The lowest BCUT2D eigenvalue weighted by atomic mass is 10.1. The number of aryl methyl sites for hydroxylation is 1. The molecule has 1 aromatic carbocycles. The molecular weight excluding hydrogens is 390 g/mol. The summed E-state index contributed by atoms with van der Waals surface area (Å²) in [7, 11) is 0. The second-order valence-electron chi connectivity index (χ2n) is 6.70. The molecule has 0 radical (unpaired) electrons. The molecule has 0 saturated heterocycles. The molecule has 1 aliphatic rings. The summed E-state index contributed by atoms with van der Waals surface area (Å²) in [6, 6.07) is 10.8. The van der Waals surface area contributed by atoms with Crippen LogP contribution in [0, 0.1) is 6.92 Å². The molecule has 8 heteroatoms. The van der Waals surface area contributed by atoms with E-state index in [9.17, 15) is 9.59 Å². The number of aromatic nitrogens is 2. The summed E-state index contributed by atoms with van der Waals surface area (Å²) in [5.41, 5.74) is 3.37. The van der Waals surface area contributed by atoms with Crippen LogP contribution in [0.1, 0.15) is 21.5 Å². The van der Waals surface area contributed by atoms with Crippen LogP contribution in [0.25, 0.3) is 0 Å². The van der Waals surface area contributed by atoms with Gasteiger partial charge >= 0.3 is 0 Å². The second-order valence-corrected chi connectivity index (χ2v) is 7.13. The van der Waals surface area contributed by atoms with E-state index in [4.69, 9.17) is 11.6 Å². The van der Waals surface area contributed by atoms with Crippen molar-refractivity contribution in [3.8, 4) is 0 Å². The average Bonchev–Trinajstić information content (AvgIpc) is 2.73. The van der Waals surface area contributed by atoms with Crippen molar-refractivity contribution in [3.05, 3.63) is 76.7 Å².